The van der Waals surface area contributed by atoms with Gasteiger partial charge in [0.2, 0.25) is 0 Å². The molecule has 0 heterocycles. The van der Waals surface area contributed by atoms with Crippen LogP contribution in [0.2, 0.25) is 0 Å². The van der Waals surface area contributed by atoms with Gasteiger partial charge in [0.05, 0.1) is 5.69 Å². The highest BCUT2D eigenvalue weighted by molar-refractivity contribution is 5.68. The fourth-order valence-electron chi connectivity index (χ4n) is 1.75. The largest absolute Gasteiger partial charge is 0.378 e. The van der Waals surface area contributed by atoms with Gasteiger partial charge >= 0.3 is 0 Å². The Bertz CT molecular complexity index is 454. The second-order valence-electron chi connectivity index (χ2n) is 4.30. The lowest BCUT2D eigenvalue weighted by Gasteiger charge is -2.13. The van der Waals surface area contributed by atoms with Gasteiger partial charge in [0.15, 0.2) is 0 Å². The standard InChI is InChI=1S/C14H16FN3/c1-17(2)13-7-3-11(4-8-13)12-5-9-14(10-6-12)18(15)16/h3-10H,16H2,1-2H3. The molecule has 0 bridgehead atoms. The van der Waals surface area contributed by atoms with Gasteiger partial charge < -0.3 is 4.90 Å². The lowest BCUT2D eigenvalue weighted by molar-refractivity contribution is 0.444. The first-order valence-corrected chi connectivity index (χ1v) is 5.66. The van der Waals surface area contributed by atoms with Crippen LogP contribution in [0.15, 0.2) is 48.5 Å². The lowest BCUT2D eigenvalue weighted by atomic mass is 10.0. The highest BCUT2D eigenvalue weighted by atomic mass is 19.2. The SMILES string of the molecule is CN(C)c1ccc(-c2ccc(N(N)F)cc2)cc1. The Hall–Kier alpha value is -2.07. The highest BCUT2D eigenvalue weighted by Gasteiger charge is 2.02. The first kappa shape index (κ1) is 12.4. The zero-order valence-electron chi connectivity index (χ0n) is 10.5. The van der Waals surface area contributed by atoms with E-state index in [2.05, 4.69) is 0 Å². The zero-order chi connectivity index (χ0) is 13.1. The van der Waals surface area contributed by atoms with Crippen molar-refractivity contribution in [3.63, 3.8) is 0 Å². The normalized spacial score (nSPS) is 10.2. The van der Waals surface area contributed by atoms with Crippen molar-refractivity contribution < 1.29 is 4.48 Å². The Morgan fingerprint density at radius 3 is 1.50 bits per heavy atom. The van der Waals surface area contributed by atoms with E-state index in [1.54, 1.807) is 12.1 Å². The summed E-state index contributed by atoms with van der Waals surface area (Å²) in [5.74, 6) is 5.02. The quantitative estimate of drug-likeness (QED) is 0.512. The Morgan fingerprint density at radius 2 is 1.17 bits per heavy atom. The van der Waals surface area contributed by atoms with Crippen molar-refractivity contribution in [2.45, 2.75) is 0 Å². The van der Waals surface area contributed by atoms with Gasteiger partial charge in [0, 0.05) is 19.8 Å². The highest BCUT2D eigenvalue weighted by Crippen LogP contribution is 2.24. The summed E-state index contributed by atoms with van der Waals surface area (Å²) in [6.07, 6.45) is 0. The molecule has 2 aromatic rings. The molecule has 3 nitrogen and oxygen atoms in total. The Morgan fingerprint density at radius 1 is 0.778 bits per heavy atom. The molecule has 0 aromatic heterocycles. The van der Waals surface area contributed by atoms with Crippen LogP contribution in [0.5, 0.6) is 0 Å². The van der Waals surface area contributed by atoms with Crippen molar-refractivity contribution in [2.75, 3.05) is 24.2 Å². The van der Waals surface area contributed by atoms with Gasteiger partial charge in [-0.2, -0.15) is 0 Å². The maximum absolute atomic E-state index is 12.7. The van der Waals surface area contributed by atoms with E-state index in [-0.39, 0.29) is 5.23 Å². The monoisotopic (exact) mass is 245 g/mol. The fourth-order valence-corrected chi connectivity index (χ4v) is 1.75. The van der Waals surface area contributed by atoms with Gasteiger partial charge in [-0.05, 0) is 35.4 Å². The predicted octanol–water partition coefficient (Wildman–Crippen LogP) is 2.98. The second kappa shape index (κ2) is 5.06. The number of hydrogen-bond acceptors (Lipinski definition) is 3. The number of anilines is 2. The number of nitrogens with two attached hydrogens (primary N) is 1. The Labute approximate surface area is 106 Å². The first-order chi connectivity index (χ1) is 8.58. The summed E-state index contributed by atoms with van der Waals surface area (Å²) in [5, 5.41) is 0.110. The van der Waals surface area contributed by atoms with Crippen molar-refractivity contribution in [1.82, 2.24) is 0 Å². The van der Waals surface area contributed by atoms with E-state index < -0.39 is 0 Å². The Kier molecular flexibility index (Phi) is 3.48. The number of benzene rings is 2. The first-order valence-electron chi connectivity index (χ1n) is 5.66. The molecule has 0 aliphatic rings. The van der Waals surface area contributed by atoms with Gasteiger partial charge in [-0.25, -0.2) is 5.84 Å². The van der Waals surface area contributed by atoms with Crippen LogP contribution in [0.4, 0.5) is 15.9 Å². The van der Waals surface area contributed by atoms with E-state index in [0.717, 1.165) is 16.8 Å². The molecule has 94 valence electrons. The van der Waals surface area contributed by atoms with Gasteiger partial charge in [0.1, 0.15) is 0 Å². The van der Waals surface area contributed by atoms with Crippen LogP contribution in [-0.2, 0) is 0 Å². The molecule has 2 N–H and O–H groups in total. The van der Waals surface area contributed by atoms with Crippen LogP contribution in [0.3, 0.4) is 0 Å². The zero-order valence-corrected chi connectivity index (χ0v) is 10.5. The maximum Gasteiger partial charge on any atom is 0.0873 e. The topological polar surface area (TPSA) is 32.5 Å². The van der Waals surface area contributed by atoms with Gasteiger partial charge in [-0.3, -0.25) is 0 Å². The number of rotatable bonds is 3. The van der Waals surface area contributed by atoms with E-state index in [0.29, 0.717) is 5.69 Å². The van der Waals surface area contributed by atoms with Gasteiger partial charge in [-0.15, -0.1) is 5.23 Å². The van der Waals surface area contributed by atoms with E-state index in [1.807, 2.05) is 55.4 Å². The fraction of sp³-hybridized carbons (Fsp3) is 0.143. The van der Waals surface area contributed by atoms with Crippen LogP contribution in [0.1, 0.15) is 0 Å². The number of nitrogens with zero attached hydrogens (tertiary/aromatic N) is 2. The molecule has 0 amide bonds. The molecule has 0 saturated heterocycles. The Balaban J connectivity index is 2.25. The van der Waals surface area contributed by atoms with E-state index >= 15 is 0 Å². The molecule has 0 atom stereocenters. The summed E-state index contributed by atoms with van der Waals surface area (Å²) in [5.41, 5.74) is 3.61. The summed E-state index contributed by atoms with van der Waals surface area (Å²) >= 11 is 0. The third-order valence-corrected chi connectivity index (χ3v) is 2.83. The number of hydrogen-bond donors (Lipinski definition) is 1. The molecule has 4 heteroatoms. The minimum atomic E-state index is 0.110. The molecule has 2 rings (SSSR count). The maximum atomic E-state index is 12.7. The third-order valence-electron chi connectivity index (χ3n) is 2.83. The average Bonchev–Trinajstić information content (AvgIpc) is 2.39. The number of hydrazine groups is 1. The molecule has 0 aliphatic carbocycles. The van der Waals surface area contributed by atoms with Gasteiger partial charge in [-0.1, -0.05) is 28.7 Å². The molecule has 0 unspecified atom stereocenters. The van der Waals surface area contributed by atoms with Crippen LogP contribution in [0.25, 0.3) is 11.1 Å². The minimum Gasteiger partial charge on any atom is -0.378 e. The molecule has 0 spiro atoms. The predicted molar refractivity (Wildman–Crippen MR) is 74.0 cm³/mol. The smallest absolute Gasteiger partial charge is 0.0873 e. The van der Waals surface area contributed by atoms with Crippen LogP contribution < -0.4 is 16.0 Å². The molecule has 0 radical (unpaired) electrons. The second-order valence-corrected chi connectivity index (χ2v) is 4.30. The molecule has 0 fully saturated rings. The van der Waals surface area contributed by atoms with Crippen molar-refractivity contribution >= 4 is 11.4 Å². The summed E-state index contributed by atoms with van der Waals surface area (Å²) in [7, 11) is 4.00. The van der Waals surface area contributed by atoms with Crippen molar-refractivity contribution in [2.24, 2.45) is 5.84 Å². The molecular formula is C14H16FN3. The molecule has 18 heavy (non-hydrogen) atoms. The van der Waals surface area contributed by atoms with Crippen molar-refractivity contribution in [3.8, 4) is 11.1 Å². The molecular weight excluding hydrogens is 229 g/mol. The van der Waals surface area contributed by atoms with Crippen molar-refractivity contribution in [1.29, 1.82) is 0 Å². The van der Waals surface area contributed by atoms with E-state index in [4.69, 9.17) is 5.84 Å². The summed E-state index contributed by atoms with van der Waals surface area (Å²) in [4.78, 5) is 2.04. The summed E-state index contributed by atoms with van der Waals surface area (Å²) in [6, 6.07) is 15.2. The average molecular weight is 245 g/mol. The van der Waals surface area contributed by atoms with Crippen LogP contribution in [-0.4, -0.2) is 14.1 Å². The van der Waals surface area contributed by atoms with Crippen molar-refractivity contribution in [3.05, 3.63) is 48.5 Å². The van der Waals surface area contributed by atoms with E-state index in [9.17, 15) is 4.48 Å². The molecule has 0 aliphatic heterocycles. The van der Waals surface area contributed by atoms with Crippen LogP contribution >= 0.6 is 0 Å². The molecule has 2 aromatic carbocycles. The summed E-state index contributed by atoms with van der Waals surface area (Å²) < 4.78 is 12.7. The van der Waals surface area contributed by atoms with E-state index in [1.165, 1.54) is 0 Å². The third kappa shape index (κ3) is 2.60. The minimum absolute atomic E-state index is 0.110. The summed E-state index contributed by atoms with van der Waals surface area (Å²) in [6.45, 7) is 0. The van der Waals surface area contributed by atoms with Gasteiger partial charge in [0.25, 0.3) is 0 Å². The van der Waals surface area contributed by atoms with Crippen LogP contribution in [0, 0.1) is 0 Å². The molecule has 0 saturated carbocycles. The lowest BCUT2D eigenvalue weighted by Crippen LogP contribution is -2.19. The number of halogens is 1.